The van der Waals surface area contributed by atoms with E-state index in [-0.39, 0.29) is 29.5 Å². The first-order valence-corrected chi connectivity index (χ1v) is 9.83. The van der Waals surface area contributed by atoms with Gasteiger partial charge in [0.2, 0.25) is 0 Å². The molecule has 0 fully saturated rings. The number of hydrogen-bond acceptors (Lipinski definition) is 5. The van der Waals surface area contributed by atoms with Crippen LogP contribution in [-0.2, 0) is 6.54 Å². The molecule has 0 heterocycles. The highest BCUT2D eigenvalue weighted by Gasteiger charge is 2.17. The summed E-state index contributed by atoms with van der Waals surface area (Å²) in [4.78, 5) is 35.7. The van der Waals surface area contributed by atoms with Gasteiger partial charge in [0.25, 0.3) is 11.6 Å². The van der Waals surface area contributed by atoms with Gasteiger partial charge in [0.1, 0.15) is 5.75 Å². The summed E-state index contributed by atoms with van der Waals surface area (Å²) in [5.41, 5.74) is 1.01. The van der Waals surface area contributed by atoms with Gasteiger partial charge in [-0.15, -0.1) is 0 Å². The number of carbonyl (C=O) groups is 2. The quantitative estimate of drug-likeness (QED) is 0.205. The average molecular weight is 426 g/mol. The number of rotatable bonds is 6. The molecule has 0 aliphatic rings. The van der Waals surface area contributed by atoms with E-state index in [0.29, 0.717) is 11.1 Å². The molecule has 0 unspecified atom stereocenters. The molecular formula is C25H18N2O5. The van der Waals surface area contributed by atoms with E-state index >= 15 is 0 Å². The Morgan fingerprint density at radius 2 is 1.56 bits per heavy atom. The number of benzene rings is 4. The molecule has 0 spiro atoms. The number of nitrogens with zero attached hydrogens (tertiary/aromatic N) is 1. The summed E-state index contributed by atoms with van der Waals surface area (Å²) >= 11 is 0. The van der Waals surface area contributed by atoms with Crippen molar-refractivity contribution >= 4 is 28.3 Å². The molecule has 7 heteroatoms. The van der Waals surface area contributed by atoms with Gasteiger partial charge in [0.15, 0.2) is 0 Å². The van der Waals surface area contributed by atoms with Gasteiger partial charge in [-0.2, -0.15) is 0 Å². The van der Waals surface area contributed by atoms with Gasteiger partial charge in [-0.1, -0.05) is 54.6 Å². The molecule has 0 saturated heterocycles. The number of fused-ring (bicyclic) bond motifs is 1. The smallest absolute Gasteiger partial charge is 0.343 e. The van der Waals surface area contributed by atoms with Crippen molar-refractivity contribution in [2.75, 3.05) is 0 Å². The normalized spacial score (nSPS) is 10.5. The number of nitro groups is 1. The maximum Gasteiger partial charge on any atom is 0.343 e. The fourth-order valence-electron chi connectivity index (χ4n) is 3.36. The van der Waals surface area contributed by atoms with Crippen LogP contribution in [-0.4, -0.2) is 16.8 Å². The molecule has 4 aromatic carbocycles. The maximum atomic E-state index is 12.7. The third-order valence-corrected chi connectivity index (χ3v) is 4.95. The van der Waals surface area contributed by atoms with Gasteiger partial charge in [-0.3, -0.25) is 14.9 Å². The fraction of sp³-hybridized carbons (Fsp3) is 0.0400. The molecule has 0 aliphatic heterocycles. The highest BCUT2D eigenvalue weighted by atomic mass is 16.6. The standard InChI is InChI=1S/C25H18N2O5/c28-24(18-8-2-1-3-9-18)26-16-22-21-12-5-4-7-17(21)13-14-23(22)32-25(29)19-10-6-11-20(15-19)27(30)31/h1-15H,16H2,(H,26,28). The third kappa shape index (κ3) is 4.46. The Hall–Kier alpha value is -4.52. The molecule has 4 aromatic rings. The minimum atomic E-state index is -0.723. The Morgan fingerprint density at radius 1 is 0.844 bits per heavy atom. The van der Waals surface area contributed by atoms with Crippen molar-refractivity contribution in [2.24, 2.45) is 0 Å². The molecule has 7 nitrogen and oxygen atoms in total. The van der Waals surface area contributed by atoms with Gasteiger partial charge in [-0.05, 0) is 35.0 Å². The van der Waals surface area contributed by atoms with E-state index in [1.165, 1.54) is 24.3 Å². The van der Waals surface area contributed by atoms with Crippen LogP contribution in [0.1, 0.15) is 26.3 Å². The van der Waals surface area contributed by atoms with E-state index in [1.54, 1.807) is 30.3 Å². The van der Waals surface area contributed by atoms with Gasteiger partial charge >= 0.3 is 5.97 Å². The predicted molar refractivity (Wildman–Crippen MR) is 120 cm³/mol. The first kappa shape index (κ1) is 20.7. The zero-order valence-electron chi connectivity index (χ0n) is 16.9. The lowest BCUT2D eigenvalue weighted by Crippen LogP contribution is -2.23. The van der Waals surface area contributed by atoms with Crippen LogP contribution in [0, 0.1) is 10.1 Å². The first-order valence-electron chi connectivity index (χ1n) is 9.83. The predicted octanol–water partition coefficient (Wildman–Crippen LogP) is 4.90. The third-order valence-electron chi connectivity index (χ3n) is 4.95. The minimum Gasteiger partial charge on any atom is -0.423 e. The van der Waals surface area contributed by atoms with Gasteiger partial charge < -0.3 is 10.1 Å². The lowest BCUT2D eigenvalue weighted by molar-refractivity contribution is -0.384. The number of amides is 1. The monoisotopic (exact) mass is 426 g/mol. The molecule has 158 valence electrons. The fourth-order valence-corrected chi connectivity index (χ4v) is 3.36. The molecule has 0 bridgehead atoms. The van der Waals surface area contributed by atoms with E-state index < -0.39 is 10.9 Å². The van der Waals surface area contributed by atoms with E-state index in [0.717, 1.165) is 10.8 Å². The Morgan fingerprint density at radius 3 is 2.34 bits per heavy atom. The lowest BCUT2D eigenvalue weighted by Gasteiger charge is -2.14. The van der Waals surface area contributed by atoms with E-state index in [1.807, 2.05) is 36.4 Å². The van der Waals surface area contributed by atoms with E-state index in [9.17, 15) is 19.7 Å². The van der Waals surface area contributed by atoms with Crippen LogP contribution in [0.3, 0.4) is 0 Å². The zero-order valence-corrected chi connectivity index (χ0v) is 16.9. The van der Waals surface area contributed by atoms with Crippen LogP contribution in [0.2, 0.25) is 0 Å². The summed E-state index contributed by atoms with van der Waals surface area (Å²) in [6, 6.07) is 25.2. The molecule has 0 atom stereocenters. The van der Waals surface area contributed by atoms with Crippen molar-refractivity contribution < 1.29 is 19.2 Å². The Bertz CT molecular complexity index is 1320. The zero-order chi connectivity index (χ0) is 22.5. The number of esters is 1. The van der Waals surface area contributed by atoms with Crippen molar-refractivity contribution in [3.05, 3.63) is 118 Å². The van der Waals surface area contributed by atoms with Crippen molar-refractivity contribution in [2.45, 2.75) is 6.54 Å². The average Bonchev–Trinajstić information content (AvgIpc) is 2.83. The number of nitro benzene ring substituents is 1. The van der Waals surface area contributed by atoms with Crippen molar-refractivity contribution in [3.63, 3.8) is 0 Å². The van der Waals surface area contributed by atoms with Gasteiger partial charge in [0, 0.05) is 29.8 Å². The Kier molecular flexibility index (Phi) is 5.89. The minimum absolute atomic E-state index is 0.0617. The summed E-state index contributed by atoms with van der Waals surface area (Å²) in [7, 11) is 0. The molecule has 0 saturated carbocycles. The molecular weight excluding hydrogens is 408 g/mol. The SMILES string of the molecule is O=C(NCc1c(OC(=O)c2cccc([N+](=O)[O-])c2)ccc2ccccc12)c1ccccc1. The largest absolute Gasteiger partial charge is 0.423 e. The second-order valence-electron chi connectivity index (χ2n) is 7.01. The van der Waals surface area contributed by atoms with Gasteiger partial charge in [0.05, 0.1) is 10.5 Å². The second kappa shape index (κ2) is 9.09. The summed E-state index contributed by atoms with van der Waals surface area (Å²) in [5.74, 6) is -0.706. The number of carbonyl (C=O) groups excluding carboxylic acids is 2. The molecule has 32 heavy (non-hydrogen) atoms. The molecule has 0 aromatic heterocycles. The number of hydrogen-bond donors (Lipinski definition) is 1. The molecule has 1 amide bonds. The van der Waals surface area contributed by atoms with Crippen LogP contribution >= 0.6 is 0 Å². The van der Waals surface area contributed by atoms with E-state index in [2.05, 4.69) is 5.32 Å². The Balaban J connectivity index is 1.64. The van der Waals surface area contributed by atoms with Crippen LogP contribution in [0.5, 0.6) is 5.75 Å². The molecule has 4 rings (SSSR count). The topological polar surface area (TPSA) is 98.5 Å². The number of ether oxygens (including phenoxy) is 1. The van der Waals surface area contributed by atoms with Crippen LogP contribution in [0.15, 0.2) is 91.0 Å². The number of nitrogens with one attached hydrogen (secondary N) is 1. The summed E-state index contributed by atoms with van der Waals surface area (Å²) in [6.45, 7) is 0.132. The molecule has 0 radical (unpaired) electrons. The summed E-state index contributed by atoms with van der Waals surface area (Å²) in [6.07, 6.45) is 0. The number of non-ortho nitro benzene ring substituents is 1. The molecule has 0 aliphatic carbocycles. The second-order valence-corrected chi connectivity index (χ2v) is 7.01. The van der Waals surface area contributed by atoms with Crippen molar-refractivity contribution in [1.29, 1.82) is 0 Å². The van der Waals surface area contributed by atoms with Crippen molar-refractivity contribution in [3.8, 4) is 5.75 Å². The first-order chi connectivity index (χ1) is 15.5. The highest BCUT2D eigenvalue weighted by molar-refractivity contribution is 5.96. The van der Waals surface area contributed by atoms with E-state index in [4.69, 9.17) is 4.74 Å². The van der Waals surface area contributed by atoms with Crippen LogP contribution in [0.25, 0.3) is 10.8 Å². The maximum absolute atomic E-state index is 12.7. The van der Waals surface area contributed by atoms with Crippen LogP contribution < -0.4 is 10.1 Å². The summed E-state index contributed by atoms with van der Waals surface area (Å²) < 4.78 is 5.60. The molecule has 1 N–H and O–H groups in total. The van der Waals surface area contributed by atoms with Crippen LogP contribution in [0.4, 0.5) is 5.69 Å². The van der Waals surface area contributed by atoms with Crippen molar-refractivity contribution in [1.82, 2.24) is 5.32 Å². The lowest BCUT2D eigenvalue weighted by atomic mass is 10.0. The Labute approximate surface area is 183 Å². The highest BCUT2D eigenvalue weighted by Crippen LogP contribution is 2.29. The van der Waals surface area contributed by atoms with Gasteiger partial charge in [-0.25, -0.2) is 4.79 Å². The summed E-state index contributed by atoms with van der Waals surface area (Å²) in [5, 5.41) is 15.6.